The number of ether oxygens (including phenoxy) is 2. The Hall–Kier alpha value is -3.10. The van der Waals surface area contributed by atoms with Crippen LogP contribution in [0.3, 0.4) is 0 Å². The summed E-state index contributed by atoms with van der Waals surface area (Å²) in [5.74, 6) is -1.99. The number of nitrogens with zero attached hydrogens (tertiary/aromatic N) is 2. The maximum absolute atomic E-state index is 9.10. The van der Waals surface area contributed by atoms with Crippen LogP contribution in [0.1, 0.15) is 16.7 Å². The van der Waals surface area contributed by atoms with Crippen LogP contribution in [0.2, 0.25) is 0 Å². The number of rotatable bonds is 6. The zero-order valence-electron chi connectivity index (χ0n) is 18.2. The number of carbonyl (C=O) groups is 2. The van der Waals surface area contributed by atoms with Crippen molar-refractivity contribution in [2.45, 2.75) is 20.0 Å². The number of hydrogen-bond donors (Lipinski definition) is 2. The van der Waals surface area contributed by atoms with Crippen molar-refractivity contribution in [3.05, 3.63) is 59.2 Å². The van der Waals surface area contributed by atoms with Crippen LogP contribution in [0.5, 0.6) is 11.5 Å². The highest BCUT2D eigenvalue weighted by Gasteiger charge is 2.19. The molecule has 0 radical (unpaired) electrons. The van der Waals surface area contributed by atoms with Gasteiger partial charge in [0.2, 0.25) is 0 Å². The van der Waals surface area contributed by atoms with Gasteiger partial charge in [-0.25, -0.2) is 9.59 Å². The second-order valence-electron chi connectivity index (χ2n) is 7.24. The van der Waals surface area contributed by atoms with Crippen LogP contribution in [-0.4, -0.2) is 72.4 Å². The predicted octanol–water partition coefficient (Wildman–Crippen LogP) is 2.49. The fourth-order valence-corrected chi connectivity index (χ4v) is 3.45. The van der Waals surface area contributed by atoms with Crippen molar-refractivity contribution >= 4 is 11.9 Å². The number of aliphatic carboxylic acids is 2. The van der Waals surface area contributed by atoms with Crippen LogP contribution < -0.4 is 9.47 Å². The lowest BCUT2D eigenvalue weighted by molar-refractivity contribution is -0.159. The van der Waals surface area contributed by atoms with Crippen molar-refractivity contribution in [2.24, 2.45) is 0 Å². The number of carboxylic acid groups (broad SMARTS) is 2. The molecule has 0 amide bonds. The summed E-state index contributed by atoms with van der Waals surface area (Å²) in [6.07, 6.45) is 0. The maximum Gasteiger partial charge on any atom is 0.414 e. The lowest BCUT2D eigenvalue weighted by atomic mass is 10.1. The molecule has 0 aliphatic carbocycles. The third kappa shape index (κ3) is 7.27. The van der Waals surface area contributed by atoms with Crippen molar-refractivity contribution in [2.75, 3.05) is 40.4 Å². The first-order chi connectivity index (χ1) is 14.8. The molecule has 31 heavy (non-hydrogen) atoms. The average Bonchev–Trinajstić information content (AvgIpc) is 2.76. The highest BCUT2D eigenvalue weighted by molar-refractivity contribution is 6.27. The summed E-state index contributed by atoms with van der Waals surface area (Å²) in [6, 6.07) is 14.8. The Kier molecular flexibility index (Phi) is 9.30. The third-order valence-electron chi connectivity index (χ3n) is 5.18. The molecule has 0 atom stereocenters. The molecule has 2 aromatic carbocycles. The standard InChI is InChI=1S/C21H28N2O2.C2H2O4/c1-17-7-4-5-8-18(17)15-22-11-13-23(14-12-22)16-19-9-6-10-20(24-2)21(19)25-3;3-1(4)2(5)6/h4-10H,11-16H2,1-3H3;(H,3,4)(H,5,6). The number of piperazine rings is 1. The Labute approximate surface area is 182 Å². The van der Waals surface area contributed by atoms with Crippen molar-refractivity contribution < 1.29 is 29.3 Å². The van der Waals surface area contributed by atoms with E-state index in [1.807, 2.05) is 12.1 Å². The molecule has 0 bridgehead atoms. The van der Waals surface area contributed by atoms with Gasteiger partial charge in [-0.3, -0.25) is 9.80 Å². The van der Waals surface area contributed by atoms with E-state index >= 15 is 0 Å². The van der Waals surface area contributed by atoms with Gasteiger partial charge in [-0.1, -0.05) is 36.4 Å². The minimum absolute atomic E-state index is 0.804. The van der Waals surface area contributed by atoms with Gasteiger partial charge in [0.1, 0.15) is 0 Å². The highest BCUT2D eigenvalue weighted by atomic mass is 16.5. The summed E-state index contributed by atoms with van der Waals surface area (Å²) in [7, 11) is 3.40. The van der Waals surface area contributed by atoms with Crippen molar-refractivity contribution in [1.29, 1.82) is 0 Å². The number of aryl methyl sites for hydroxylation is 1. The first-order valence-electron chi connectivity index (χ1n) is 10.0. The molecule has 0 unspecified atom stereocenters. The Morgan fingerprint density at radius 1 is 0.806 bits per heavy atom. The molecule has 168 valence electrons. The van der Waals surface area contributed by atoms with Crippen molar-refractivity contribution in [3.8, 4) is 11.5 Å². The minimum Gasteiger partial charge on any atom is -0.493 e. The molecular weight excluding hydrogens is 400 g/mol. The lowest BCUT2D eigenvalue weighted by Gasteiger charge is -2.35. The van der Waals surface area contributed by atoms with E-state index in [1.165, 1.54) is 16.7 Å². The normalized spacial score (nSPS) is 14.3. The fourth-order valence-electron chi connectivity index (χ4n) is 3.45. The molecular formula is C23H30N2O6. The first kappa shape index (κ1) is 24.2. The van der Waals surface area contributed by atoms with E-state index in [-0.39, 0.29) is 0 Å². The second-order valence-corrected chi connectivity index (χ2v) is 7.24. The molecule has 1 aliphatic heterocycles. The van der Waals surface area contributed by atoms with Crippen LogP contribution in [-0.2, 0) is 22.7 Å². The van der Waals surface area contributed by atoms with E-state index in [0.29, 0.717) is 0 Å². The number of benzene rings is 2. The molecule has 2 aromatic rings. The Balaban J connectivity index is 0.000000501. The lowest BCUT2D eigenvalue weighted by Crippen LogP contribution is -2.45. The van der Waals surface area contributed by atoms with Gasteiger partial charge in [0.25, 0.3) is 0 Å². The molecule has 1 heterocycles. The first-order valence-corrected chi connectivity index (χ1v) is 10.0. The number of carboxylic acids is 2. The predicted molar refractivity (Wildman–Crippen MR) is 117 cm³/mol. The zero-order valence-corrected chi connectivity index (χ0v) is 18.2. The Morgan fingerprint density at radius 2 is 1.32 bits per heavy atom. The van der Waals surface area contributed by atoms with Crippen LogP contribution in [0, 0.1) is 6.92 Å². The van der Waals surface area contributed by atoms with E-state index in [4.69, 9.17) is 29.3 Å². The molecule has 8 nitrogen and oxygen atoms in total. The van der Waals surface area contributed by atoms with Crippen LogP contribution in [0.25, 0.3) is 0 Å². The van der Waals surface area contributed by atoms with E-state index in [1.54, 1.807) is 14.2 Å². The summed E-state index contributed by atoms with van der Waals surface area (Å²) in [4.78, 5) is 23.2. The van der Waals surface area contributed by atoms with Gasteiger partial charge in [-0.2, -0.15) is 0 Å². The van der Waals surface area contributed by atoms with Gasteiger partial charge in [-0.05, 0) is 24.1 Å². The summed E-state index contributed by atoms with van der Waals surface area (Å²) in [5, 5.41) is 14.8. The highest BCUT2D eigenvalue weighted by Crippen LogP contribution is 2.31. The molecule has 0 saturated carbocycles. The molecule has 1 fully saturated rings. The van der Waals surface area contributed by atoms with Crippen LogP contribution in [0.15, 0.2) is 42.5 Å². The molecule has 1 saturated heterocycles. The monoisotopic (exact) mass is 430 g/mol. The molecule has 0 aromatic heterocycles. The van der Waals surface area contributed by atoms with Crippen LogP contribution in [0.4, 0.5) is 0 Å². The Morgan fingerprint density at radius 3 is 1.81 bits per heavy atom. The molecule has 2 N–H and O–H groups in total. The van der Waals surface area contributed by atoms with E-state index in [0.717, 1.165) is 50.8 Å². The van der Waals surface area contributed by atoms with Gasteiger partial charge < -0.3 is 19.7 Å². The number of methoxy groups -OCH3 is 2. The SMILES string of the molecule is COc1cccc(CN2CCN(Cc3ccccc3C)CC2)c1OC.O=C(O)C(=O)O. The van der Waals surface area contributed by atoms with Crippen LogP contribution >= 0.6 is 0 Å². The van der Waals surface area contributed by atoms with Gasteiger partial charge in [0.05, 0.1) is 14.2 Å². The molecule has 0 spiro atoms. The quantitative estimate of drug-likeness (QED) is 0.675. The van der Waals surface area contributed by atoms with Gasteiger partial charge in [0, 0.05) is 44.8 Å². The molecule has 1 aliphatic rings. The van der Waals surface area contributed by atoms with E-state index < -0.39 is 11.9 Å². The summed E-state index contributed by atoms with van der Waals surface area (Å²) in [5.41, 5.74) is 4.01. The second kappa shape index (κ2) is 11.9. The molecule has 3 rings (SSSR count). The van der Waals surface area contributed by atoms with Gasteiger partial charge in [0.15, 0.2) is 11.5 Å². The summed E-state index contributed by atoms with van der Waals surface area (Å²) >= 11 is 0. The average molecular weight is 431 g/mol. The van der Waals surface area contributed by atoms with Gasteiger partial charge >= 0.3 is 11.9 Å². The van der Waals surface area contributed by atoms with E-state index in [2.05, 4.69) is 47.1 Å². The van der Waals surface area contributed by atoms with E-state index in [9.17, 15) is 0 Å². The zero-order chi connectivity index (χ0) is 22.8. The maximum atomic E-state index is 9.10. The number of hydrogen-bond acceptors (Lipinski definition) is 6. The summed E-state index contributed by atoms with van der Waals surface area (Å²) in [6.45, 7) is 8.49. The van der Waals surface area contributed by atoms with Gasteiger partial charge in [-0.15, -0.1) is 0 Å². The van der Waals surface area contributed by atoms with Crippen molar-refractivity contribution in [1.82, 2.24) is 9.80 Å². The molecule has 8 heteroatoms. The third-order valence-corrected chi connectivity index (χ3v) is 5.18. The fraction of sp³-hybridized carbons (Fsp3) is 0.391. The number of para-hydroxylation sites is 1. The smallest absolute Gasteiger partial charge is 0.414 e. The minimum atomic E-state index is -1.82. The largest absolute Gasteiger partial charge is 0.493 e. The summed E-state index contributed by atoms with van der Waals surface area (Å²) < 4.78 is 11.0. The Bertz CT molecular complexity index is 866. The topological polar surface area (TPSA) is 99.5 Å². The van der Waals surface area contributed by atoms with Crippen molar-refractivity contribution in [3.63, 3.8) is 0 Å².